The Kier molecular flexibility index (Phi) is 3.45. The van der Waals surface area contributed by atoms with E-state index in [1.54, 1.807) is 23.2 Å². The number of rotatable bonds is 2. The van der Waals surface area contributed by atoms with Crippen molar-refractivity contribution in [1.82, 2.24) is 24.8 Å². The third kappa shape index (κ3) is 2.32. The molecule has 1 saturated heterocycles. The number of nitrogens with zero attached hydrogens (tertiary/aromatic N) is 6. The Labute approximate surface area is 140 Å². The second kappa shape index (κ2) is 5.52. The zero-order valence-corrected chi connectivity index (χ0v) is 13.8. The molecule has 1 aliphatic rings. The summed E-state index contributed by atoms with van der Waals surface area (Å²) in [5.74, 6) is 0. The minimum Gasteiger partial charge on any atom is -0.385 e. The summed E-state index contributed by atoms with van der Waals surface area (Å²) >= 11 is 0. The monoisotopic (exact) mass is 324 g/mol. The molecule has 0 radical (unpaired) electrons. The van der Waals surface area contributed by atoms with Crippen LogP contribution in [0.1, 0.15) is 29.7 Å². The largest absolute Gasteiger partial charge is 0.385 e. The van der Waals surface area contributed by atoms with E-state index in [0.717, 1.165) is 41.2 Å². The van der Waals surface area contributed by atoms with Crippen LogP contribution in [0.4, 0.5) is 5.69 Å². The first-order chi connectivity index (χ1) is 11.6. The van der Waals surface area contributed by atoms with E-state index in [1.165, 1.54) is 0 Å². The summed E-state index contributed by atoms with van der Waals surface area (Å²) in [7, 11) is 0. The van der Waals surface area contributed by atoms with Crippen molar-refractivity contribution >= 4 is 11.3 Å². The first-order valence-electron chi connectivity index (χ1n) is 8.13. The van der Waals surface area contributed by atoms with Crippen molar-refractivity contribution in [2.45, 2.75) is 32.3 Å². The van der Waals surface area contributed by atoms with Gasteiger partial charge < -0.3 is 10.0 Å². The molecule has 4 heterocycles. The summed E-state index contributed by atoms with van der Waals surface area (Å²) in [6.45, 7) is 5.55. The Balaban J connectivity index is 1.65. The normalized spacial score (nSPS) is 17.4. The Morgan fingerprint density at radius 2 is 2.00 bits per heavy atom. The molecule has 0 spiro atoms. The Bertz CT molecular complexity index is 867. The molecule has 1 fully saturated rings. The van der Waals surface area contributed by atoms with Crippen molar-refractivity contribution in [2.75, 3.05) is 18.0 Å². The van der Waals surface area contributed by atoms with Crippen molar-refractivity contribution in [2.24, 2.45) is 0 Å². The van der Waals surface area contributed by atoms with Gasteiger partial charge in [-0.25, -0.2) is 0 Å². The van der Waals surface area contributed by atoms with Crippen molar-refractivity contribution < 1.29 is 5.11 Å². The molecular weight excluding hydrogens is 304 g/mol. The topological polar surface area (TPSA) is 79.4 Å². The predicted molar refractivity (Wildman–Crippen MR) is 89.8 cm³/mol. The van der Waals surface area contributed by atoms with Gasteiger partial charge in [-0.1, -0.05) is 6.07 Å². The Hall–Kier alpha value is -2.54. The summed E-state index contributed by atoms with van der Waals surface area (Å²) < 4.78 is 1.72. The molecule has 0 unspecified atom stereocenters. The molecule has 0 bridgehead atoms. The number of hydrogen-bond acceptors (Lipinski definition) is 6. The number of aryl methyl sites for hydroxylation is 1. The average molecular weight is 324 g/mol. The molecular formula is C17H20N6O. The van der Waals surface area contributed by atoms with Crippen LogP contribution in [0.3, 0.4) is 0 Å². The summed E-state index contributed by atoms with van der Waals surface area (Å²) in [6.07, 6.45) is 6.42. The Morgan fingerprint density at radius 3 is 2.71 bits per heavy atom. The minimum atomic E-state index is -0.815. The van der Waals surface area contributed by atoms with Crippen LogP contribution in [-0.2, 0) is 5.60 Å². The van der Waals surface area contributed by atoms with E-state index < -0.39 is 5.60 Å². The SMILES string of the molecule is Cc1nn2cnnc2c(N2CCC(O)(c3cccnc3)CC2)c1C. The molecule has 0 amide bonds. The number of anilines is 1. The van der Waals surface area contributed by atoms with E-state index in [1.807, 2.05) is 19.1 Å². The van der Waals surface area contributed by atoms with Crippen LogP contribution < -0.4 is 4.90 Å². The second-order valence-electron chi connectivity index (χ2n) is 6.42. The highest BCUT2D eigenvalue weighted by Crippen LogP contribution is 2.36. The molecule has 124 valence electrons. The molecule has 3 aromatic heterocycles. The van der Waals surface area contributed by atoms with Gasteiger partial charge in [-0.05, 0) is 38.3 Å². The van der Waals surface area contributed by atoms with E-state index >= 15 is 0 Å². The molecule has 0 aliphatic carbocycles. The standard InChI is InChI=1S/C17H20N6O/c1-12-13(2)21-23-11-19-20-16(23)15(12)22-8-5-17(24,6-9-22)14-4-3-7-18-10-14/h3-4,7,10-11,24H,5-6,8-9H2,1-2H3. The number of piperidine rings is 1. The van der Waals surface area contributed by atoms with Crippen molar-refractivity contribution in [3.8, 4) is 0 Å². The fourth-order valence-corrected chi connectivity index (χ4v) is 3.44. The molecule has 4 rings (SSSR count). The summed E-state index contributed by atoms with van der Waals surface area (Å²) in [4.78, 5) is 6.42. The number of aromatic nitrogens is 5. The molecule has 1 aliphatic heterocycles. The van der Waals surface area contributed by atoms with Crippen LogP contribution in [0.2, 0.25) is 0 Å². The number of pyridine rings is 1. The molecule has 0 atom stereocenters. The highest BCUT2D eigenvalue weighted by atomic mass is 16.3. The maximum absolute atomic E-state index is 11.0. The summed E-state index contributed by atoms with van der Waals surface area (Å²) in [6, 6.07) is 3.82. The highest BCUT2D eigenvalue weighted by Gasteiger charge is 2.35. The van der Waals surface area contributed by atoms with Gasteiger partial charge in [0, 0.05) is 31.0 Å². The van der Waals surface area contributed by atoms with Gasteiger partial charge in [-0.2, -0.15) is 9.61 Å². The van der Waals surface area contributed by atoms with Crippen LogP contribution in [0.15, 0.2) is 30.9 Å². The van der Waals surface area contributed by atoms with Gasteiger partial charge in [0.05, 0.1) is 17.0 Å². The number of hydrogen-bond donors (Lipinski definition) is 1. The van der Waals surface area contributed by atoms with Gasteiger partial charge in [0.1, 0.15) is 6.33 Å². The van der Waals surface area contributed by atoms with Gasteiger partial charge >= 0.3 is 0 Å². The third-order valence-electron chi connectivity index (χ3n) is 5.00. The van der Waals surface area contributed by atoms with E-state index in [4.69, 9.17) is 0 Å². The predicted octanol–water partition coefficient (Wildman–Crippen LogP) is 1.62. The zero-order chi connectivity index (χ0) is 16.7. The van der Waals surface area contributed by atoms with Crippen LogP contribution in [0, 0.1) is 13.8 Å². The molecule has 0 saturated carbocycles. The first kappa shape index (κ1) is 15.0. The molecule has 24 heavy (non-hydrogen) atoms. The molecule has 3 aromatic rings. The lowest BCUT2D eigenvalue weighted by molar-refractivity contribution is 0.0114. The highest BCUT2D eigenvalue weighted by molar-refractivity contribution is 5.72. The van der Waals surface area contributed by atoms with Crippen LogP contribution in [0.5, 0.6) is 0 Å². The van der Waals surface area contributed by atoms with Crippen molar-refractivity contribution in [3.63, 3.8) is 0 Å². The maximum Gasteiger partial charge on any atom is 0.201 e. The Morgan fingerprint density at radius 1 is 1.21 bits per heavy atom. The van der Waals surface area contributed by atoms with E-state index in [9.17, 15) is 5.11 Å². The number of fused-ring (bicyclic) bond motifs is 1. The van der Waals surface area contributed by atoms with Crippen LogP contribution in [0.25, 0.3) is 5.65 Å². The van der Waals surface area contributed by atoms with Gasteiger partial charge in [0.25, 0.3) is 0 Å². The number of aliphatic hydroxyl groups is 1. The lowest BCUT2D eigenvalue weighted by Crippen LogP contribution is -2.43. The van der Waals surface area contributed by atoms with Gasteiger partial charge in [0.15, 0.2) is 0 Å². The molecule has 7 nitrogen and oxygen atoms in total. The van der Waals surface area contributed by atoms with Crippen molar-refractivity contribution in [3.05, 3.63) is 47.7 Å². The molecule has 1 N–H and O–H groups in total. The third-order valence-corrected chi connectivity index (χ3v) is 5.00. The molecule has 7 heteroatoms. The van der Waals surface area contributed by atoms with Crippen molar-refractivity contribution in [1.29, 1.82) is 0 Å². The summed E-state index contributed by atoms with van der Waals surface area (Å²) in [5, 5.41) is 23.7. The van der Waals surface area contributed by atoms with Crippen LogP contribution >= 0.6 is 0 Å². The van der Waals surface area contributed by atoms with E-state index in [0.29, 0.717) is 12.8 Å². The zero-order valence-electron chi connectivity index (χ0n) is 13.8. The fraction of sp³-hybridized carbons (Fsp3) is 0.412. The van der Waals surface area contributed by atoms with E-state index in [-0.39, 0.29) is 0 Å². The van der Waals surface area contributed by atoms with Gasteiger partial charge in [-0.3, -0.25) is 4.98 Å². The molecule has 0 aromatic carbocycles. The lowest BCUT2D eigenvalue weighted by atomic mass is 9.85. The fourth-order valence-electron chi connectivity index (χ4n) is 3.44. The quantitative estimate of drug-likeness (QED) is 0.772. The average Bonchev–Trinajstić information content (AvgIpc) is 3.06. The second-order valence-corrected chi connectivity index (χ2v) is 6.42. The minimum absolute atomic E-state index is 0.653. The van der Waals surface area contributed by atoms with Crippen LogP contribution in [-0.4, -0.2) is 43.0 Å². The maximum atomic E-state index is 11.0. The van der Waals surface area contributed by atoms with E-state index in [2.05, 4.69) is 32.1 Å². The lowest BCUT2D eigenvalue weighted by Gasteiger charge is -2.39. The first-order valence-corrected chi connectivity index (χ1v) is 8.13. The van der Waals surface area contributed by atoms with Gasteiger partial charge in [0.2, 0.25) is 5.65 Å². The smallest absolute Gasteiger partial charge is 0.201 e. The summed E-state index contributed by atoms with van der Waals surface area (Å²) in [5.41, 5.74) is 3.98. The van der Waals surface area contributed by atoms with Gasteiger partial charge in [-0.15, -0.1) is 10.2 Å².